The Bertz CT molecular complexity index is 719. The van der Waals surface area contributed by atoms with E-state index in [0.29, 0.717) is 17.1 Å². The fourth-order valence-corrected chi connectivity index (χ4v) is 2.10. The molecule has 0 atom stereocenters. The molecule has 0 aliphatic heterocycles. The average molecular weight is 379 g/mol. The average Bonchev–Trinajstić information content (AvgIpc) is 2.54. The Morgan fingerprint density at radius 1 is 1.35 bits per heavy atom. The number of hydrazone groups is 1. The number of halogens is 1. The molecule has 0 saturated heterocycles. The molecule has 23 heavy (non-hydrogen) atoms. The van der Waals surface area contributed by atoms with Crippen molar-refractivity contribution in [3.8, 4) is 17.2 Å². The zero-order valence-corrected chi connectivity index (χ0v) is 13.9. The molecule has 120 valence electrons. The van der Waals surface area contributed by atoms with Crippen molar-refractivity contribution in [3.05, 3.63) is 52.5 Å². The van der Waals surface area contributed by atoms with Gasteiger partial charge in [-0.15, -0.1) is 0 Å². The van der Waals surface area contributed by atoms with E-state index in [4.69, 9.17) is 9.47 Å². The maximum atomic E-state index is 11.7. The van der Waals surface area contributed by atoms with E-state index >= 15 is 0 Å². The van der Waals surface area contributed by atoms with Crippen molar-refractivity contribution in [2.45, 2.75) is 0 Å². The molecule has 0 heterocycles. The largest absolute Gasteiger partial charge is 0.504 e. The van der Waals surface area contributed by atoms with Gasteiger partial charge in [0, 0.05) is 10.0 Å². The topological polar surface area (TPSA) is 80.2 Å². The third-order valence-corrected chi connectivity index (χ3v) is 3.30. The van der Waals surface area contributed by atoms with Crippen LogP contribution in [0.15, 0.2) is 52.0 Å². The summed E-state index contributed by atoms with van der Waals surface area (Å²) < 4.78 is 11.2. The molecule has 2 aromatic rings. The Kier molecular flexibility index (Phi) is 5.99. The molecule has 0 aliphatic carbocycles. The summed E-state index contributed by atoms with van der Waals surface area (Å²) in [6.07, 6.45) is 1.33. The number of hydrogen-bond acceptors (Lipinski definition) is 5. The van der Waals surface area contributed by atoms with Crippen molar-refractivity contribution in [1.82, 2.24) is 5.43 Å². The second-order valence-electron chi connectivity index (χ2n) is 4.44. The van der Waals surface area contributed by atoms with Crippen LogP contribution in [0.3, 0.4) is 0 Å². The molecule has 7 heteroatoms. The third kappa shape index (κ3) is 5.00. The molecule has 0 radical (unpaired) electrons. The fourth-order valence-electron chi connectivity index (χ4n) is 1.72. The molecule has 2 rings (SSSR count). The van der Waals surface area contributed by atoms with Gasteiger partial charge in [-0.2, -0.15) is 5.10 Å². The first-order valence-electron chi connectivity index (χ1n) is 6.66. The van der Waals surface area contributed by atoms with Crippen LogP contribution >= 0.6 is 15.9 Å². The molecular weight excluding hydrogens is 364 g/mol. The normalized spacial score (nSPS) is 10.5. The minimum atomic E-state index is -0.413. The highest BCUT2D eigenvalue weighted by molar-refractivity contribution is 9.10. The van der Waals surface area contributed by atoms with Gasteiger partial charge in [0.05, 0.1) is 13.3 Å². The summed E-state index contributed by atoms with van der Waals surface area (Å²) >= 11 is 3.32. The lowest BCUT2D eigenvalue weighted by atomic mass is 10.2. The molecule has 2 N–H and O–H groups in total. The van der Waals surface area contributed by atoms with Crippen LogP contribution in [0.1, 0.15) is 5.56 Å². The van der Waals surface area contributed by atoms with Gasteiger partial charge >= 0.3 is 0 Å². The van der Waals surface area contributed by atoms with Gasteiger partial charge in [0.1, 0.15) is 5.75 Å². The van der Waals surface area contributed by atoms with Crippen LogP contribution in [0, 0.1) is 0 Å². The van der Waals surface area contributed by atoms with E-state index in [1.54, 1.807) is 36.4 Å². The molecule has 0 fully saturated rings. The predicted molar refractivity (Wildman–Crippen MR) is 90.0 cm³/mol. The summed E-state index contributed by atoms with van der Waals surface area (Å²) in [6, 6.07) is 12.1. The first kappa shape index (κ1) is 16.8. The van der Waals surface area contributed by atoms with Crippen molar-refractivity contribution in [2.75, 3.05) is 13.7 Å². The van der Waals surface area contributed by atoms with Crippen LogP contribution in [0.2, 0.25) is 0 Å². The maximum Gasteiger partial charge on any atom is 0.277 e. The van der Waals surface area contributed by atoms with E-state index in [1.165, 1.54) is 13.3 Å². The zero-order valence-electron chi connectivity index (χ0n) is 12.3. The number of aromatic hydroxyl groups is 1. The van der Waals surface area contributed by atoms with Crippen molar-refractivity contribution in [1.29, 1.82) is 0 Å². The van der Waals surface area contributed by atoms with Gasteiger partial charge in [-0.1, -0.05) is 28.1 Å². The molecule has 2 aromatic carbocycles. The lowest BCUT2D eigenvalue weighted by molar-refractivity contribution is -0.123. The lowest BCUT2D eigenvalue weighted by Gasteiger charge is -2.06. The third-order valence-electron chi connectivity index (χ3n) is 2.81. The fraction of sp³-hybridized carbons (Fsp3) is 0.125. The van der Waals surface area contributed by atoms with Gasteiger partial charge in [0.25, 0.3) is 5.91 Å². The number of phenols is 1. The highest BCUT2D eigenvalue weighted by Gasteiger charge is 2.05. The van der Waals surface area contributed by atoms with Gasteiger partial charge in [-0.05, 0) is 30.3 Å². The number of nitrogens with one attached hydrogen (secondary N) is 1. The summed E-state index contributed by atoms with van der Waals surface area (Å²) in [5.41, 5.74) is 2.75. The van der Waals surface area contributed by atoms with E-state index in [1.807, 2.05) is 6.07 Å². The smallest absolute Gasteiger partial charge is 0.277 e. The number of phenolic OH excluding ortho intramolecular Hbond substituents is 1. The van der Waals surface area contributed by atoms with Gasteiger partial charge in [0.2, 0.25) is 0 Å². The zero-order chi connectivity index (χ0) is 16.7. The first-order chi connectivity index (χ1) is 11.1. The van der Waals surface area contributed by atoms with Gasteiger partial charge < -0.3 is 14.6 Å². The number of benzene rings is 2. The van der Waals surface area contributed by atoms with E-state index in [0.717, 1.165) is 4.47 Å². The Morgan fingerprint density at radius 3 is 2.87 bits per heavy atom. The van der Waals surface area contributed by atoms with E-state index in [2.05, 4.69) is 26.5 Å². The molecule has 0 spiro atoms. The first-order valence-corrected chi connectivity index (χ1v) is 7.45. The molecule has 0 saturated carbocycles. The number of carbonyl (C=O) groups excluding carboxylic acids is 1. The molecule has 0 bridgehead atoms. The molecule has 6 nitrogen and oxygen atoms in total. The number of carbonyl (C=O) groups is 1. The summed E-state index contributed by atoms with van der Waals surface area (Å²) in [5.74, 6) is 0.448. The highest BCUT2D eigenvalue weighted by atomic mass is 79.9. The molecule has 1 amide bonds. The highest BCUT2D eigenvalue weighted by Crippen LogP contribution is 2.27. The summed E-state index contributed by atoms with van der Waals surface area (Å²) in [7, 11) is 1.46. The number of nitrogens with zero attached hydrogens (tertiary/aromatic N) is 1. The number of amides is 1. The SMILES string of the molecule is COc1cccc(/C=N/NC(=O)COc2cccc(Br)c2)c1O. The molecular formula is C16H15BrN2O4. The Labute approximate surface area is 141 Å². The van der Waals surface area contributed by atoms with Crippen LogP contribution < -0.4 is 14.9 Å². The summed E-state index contributed by atoms with van der Waals surface area (Å²) in [4.78, 5) is 11.7. The number of ether oxygens (including phenoxy) is 2. The summed E-state index contributed by atoms with van der Waals surface area (Å²) in [6.45, 7) is -0.169. The van der Waals surface area contributed by atoms with E-state index in [-0.39, 0.29) is 12.4 Å². The van der Waals surface area contributed by atoms with Crippen LogP contribution in [-0.2, 0) is 4.79 Å². The lowest BCUT2D eigenvalue weighted by Crippen LogP contribution is -2.24. The number of methoxy groups -OCH3 is 1. The Hall–Kier alpha value is -2.54. The van der Waals surface area contributed by atoms with Gasteiger partial charge in [0.15, 0.2) is 18.1 Å². The Morgan fingerprint density at radius 2 is 2.13 bits per heavy atom. The van der Waals surface area contributed by atoms with Crippen molar-refractivity contribution in [3.63, 3.8) is 0 Å². The predicted octanol–water partition coefficient (Wildman–Crippen LogP) is 2.69. The molecule has 0 unspecified atom stereocenters. The monoisotopic (exact) mass is 378 g/mol. The quantitative estimate of drug-likeness (QED) is 0.598. The molecule has 0 aromatic heterocycles. The van der Waals surface area contributed by atoms with Crippen molar-refractivity contribution >= 4 is 28.1 Å². The van der Waals surface area contributed by atoms with E-state index < -0.39 is 5.91 Å². The minimum absolute atomic E-state index is 0.0432. The summed E-state index contributed by atoms with van der Waals surface area (Å²) in [5, 5.41) is 13.7. The maximum absolute atomic E-state index is 11.7. The number of rotatable bonds is 6. The standard InChI is InChI=1S/C16H15BrN2O4/c1-22-14-7-2-4-11(16(14)21)9-18-19-15(20)10-23-13-6-3-5-12(17)8-13/h2-9,21H,10H2,1H3,(H,19,20)/b18-9+. The van der Waals surface area contributed by atoms with Crippen molar-refractivity contribution in [2.24, 2.45) is 5.10 Å². The number of para-hydroxylation sites is 1. The van der Waals surface area contributed by atoms with Gasteiger partial charge in [-0.25, -0.2) is 5.43 Å². The minimum Gasteiger partial charge on any atom is -0.504 e. The van der Waals surface area contributed by atoms with Crippen LogP contribution in [0.25, 0.3) is 0 Å². The van der Waals surface area contributed by atoms with Crippen LogP contribution in [0.4, 0.5) is 0 Å². The number of hydrogen-bond donors (Lipinski definition) is 2. The molecule has 0 aliphatic rings. The van der Waals surface area contributed by atoms with Gasteiger partial charge in [-0.3, -0.25) is 4.79 Å². The second-order valence-corrected chi connectivity index (χ2v) is 5.35. The van der Waals surface area contributed by atoms with Crippen molar-refractivity contribution < 1.29 is 19.4 Å². The van der Waals surface area contributed by atoms with Crippen LogP contribution in [0.5, 0.6) is 17.2 Å². The second kappa shape index (κ2) is 8.19. The van der Waals surface area contributed by atoms with Crippen LogP contribution in [-0.4, -0.2) is 30.9 Å². The van der Waals surface area contributed by atoms with E-state index in [9.17, 15) is 9.90 Å². The Balaban J connectivity index is 1.87.